The van der Waals surface area contributed by atoms with Crippen LogP contribution >= 0.6 is 69.5 Å². The minimum Gasteiger partial charge on any atom is -0.478 e. The summed E-state index contributed by atoms with van der Waals surface area (Å²) in [7, 11) is 0. The Labute approximate surface area is 286 Å². The molecular formula is C32H21Cl4N3O4S2. The van der Waals surface area contributed by atoms with E-state index < -0.39 is 33.3 Å². The number of nitrogens with one attached hydrogen (secondary N) is 2. The van der Waals surface area contributed by atoms with Crippen molar-refractivity contribution in [2.24, 2.45) is 0 Å². The molecule has 0 aliphatic heterocycles. The summed E-state index contributed by atoms with van der Waals surface area (Å²) >= 11 is 27.1. The van der Waals surface area contributed by atoms with E-state index in [9.17, 15) is 19.5 Å². The van der Waals surface area contributed by atoms with Crippen molar-refractivity contribution in [1.82, 2.24) is 4.98 Å². The molecule has 0 bridgehead atoms. The highest BCUT2D eigenvalue weighted by Gasteiger charge is 2.29. The number of carboxylic acid groups (broad SMARTS) is 1. The minimum absolute atomic E-state index is 0.236. The van der Waals surface area contributed by atoms with Crippen LogP contribution in [0.15, 0.2) is 89.8 Å². The number of aromatic carboxylic acids is 1. The summed E-state index contributed by atoms with van der Waals surface area (Å²) in [5.74, 6) is -2.58. The summed E-state index contributed by atoms with van der Waals surface area (Å²) in [5, 5.41) is 13.9. The third-order valence-corrected chi connectivity index (χ3v) is 10.4. The molecule has 1 heterocycles. The van der Waals surface area contributed by atoms with E-state index in [2.05, 4.69) is 15.6 Å². The average molecular weight is 717 g/mol. The number of carbonyl (C=O) groups is 3. The van der Waals surface area contributed by atoms with Crippen LogP contribution in [0.4, 0.5) is 10.8 Å². The van der Waals surface area contributed by atoms with Gasteiger partial charge in [-0.25, -0.2) is 9.78 Å². The van der Waals surface area contributed by atoms with E-state index >= 15 is 0 Å². The quantitative estimate of drug-likeness (QED) is 0.0796. The largest absolute Gasteiger partial charge is 0.478 e. The van der Waals surface area contributed by atoms with Gasteiger partial charge in [0.25, 0.3) is 5.91 Å². The molecule has 1 atom stereocenters. The van der Waals surface area contributed by atoms with Crippen LogP contribution in [0.2, 0.25) is 20.1 Å². The van der Waals surface area contributed by atoms with Crippen LogP contribution in [0, 0.1) is 6.92 Å². The molecule has 2 amide bonds. The zero-order valence-electron chi connectivity index (χ0n) is 23.1. The third kappa shape index (κ3) is 7.30. The second-order valence-corrected chi connectivity index (χ2v) is 13.4. The minimum atomic E-state index is -1.49. The van der Waals surface area contributed by atoms with Gasteiger partial charge in [-0.05, 0) is 36.8 Å². The summed E-state index contributed by atoms with van der Waals surface area (Å²) in [4.78, 5) is 45.0. The van der Waals surface area contributed by atoms with E-state index in [-0.39, 0.29) is 21.0 Å². The van der Waals surface area contributed by atoms with Gasteiger partial charge in [0.1, 0.15) is 5.25 Å². The second-order valence-electron chi connectivity index (χ2n) is 9.48. The van der Waals surface area contributed by atoms with Crippen LogP contribution < -0.4 is 10.6 Å². The van der Waals surface area contributed by atoms with E-state index in [0.29, 0.717) is 10.8 Å². The number of thioether (sulfide) groups is 1. The van der Waals surface area contributed by atoms with E-state index in [1.807, 2.05) is 67.6 Å². The van der Waals surface area contributed by atoms with Gasteiger partial charge in [0.05, 0.1) is 36.9 Å². The molecule has 228 valence electrons. The van der Waals surface area contributed by atoms with Crippen molar-refractivity contribution in [2.45, 2.75) is 17.1 Å². The maximum atomic E-state index is 13.6. The number of anilines is 2. The average Bonchev–Trinajstić information content (AvgIpc) is 3.41. The van der Waals surface area contributed by atoms with Crippen LogP contribution in [0.3, 0.4) is 0 Å². The molecule has 0 radical (unpaired) electrons. The molecule has 0 aliphatic rings. The number of hydrogen-bond donors (Lipinski definition) is 3. The number of thiazole rings is 1. The molecule has 1 aromatic heterocycles. The van der Waals surface area contributed by atoms with Crippen LogP contribution in [0.5, 0.6) is 0 Å². The highest BCUT2D eigenvalue weighted by Crippen LogP contribution is 2.42. The van der Waals surface area contributed by atoms with Gasteiger partial charge in [-0.15, -0.1) is 23.1 Å². The van der Waals surface area contributed by atoms with Gasteiger partial charge >= 0.3 is 5.97 Å². The molecule has 3 N–H and O–H groups in total. The molecule has 0 spiro atoms. The number of halogens is 4. The van der Waals surface area contributed by atoms with Gasteiger partial charge in [-0.1, -0.05) is 107 Å². The van der Waals surface area contributed by atoms with Gasteiger partial charge in [0, 0.05) is 21.0 Å². The van der Waals surface area contributed by atoms with Crippen molar-refractivity contribution in [3.63, 3.8) is 0 Å². The Kier molecular flexibility index (Phi) is 10.4. The Morgan fingerprint density at radius 1 is 0.778 bits per heavy atom. The number of aromatic nitrogens is 1. The number of carbonyl (C=O) groups excluding carboxylic acids is 2. The van der Waals surface area contributed by atoms with Gasteiger partial charge < -0.3 is 15.7 Å². The lowest BCUT2D eigenvalue weighted by Crippen LogP contribution is -2.19. The number of nitrogens with zero attached hydrogens (tertiary/aromatic N) is 1. The standard InChI is InChI=1S/C32H21Cl4N3O4S2/c1-16-27(17-8-4-2-5-9-17)38-32(44-16)39-30(41)28(18-10-6-3-7-11-18)45-20-14-12-19(13-15-20)37-29(40)21-22(31(42)43)24(34)26(36)25(35)23(21)33/h2-15,28H,1H3,(H,37,40)(H,42,43)(H,38,39,41). The van der Waals surface area contributed by atoms with Crippen LogP contribution in [0.1, 0.15) is 36.4 Å². The SMILES string of the molecule is Cc1sc(NC(=O)C(Sc2ccc(NC(=O)c3c(Cl)c(Cl)c(Cl)c(Cl)c3C(=O)O)cc2)c2ccccc2)nc1-c1ccccc1. The molecule has 7 nitrogen and oxygen atoms in total. The van der Waals surface area contributed by atoms with Gasteiger partial charge in [-0.3, -0.25) is 9.59 Å². The summed E-state index contributed by atoms with van der Waals surface area (Å²) in [5.41, 5.74) is 1.93. The molecule has 0 fully saturated rings. The number of amides is 2. The first-order chi connectivity index (χ1) is 21.5. The van der Waals surface area contributed by atoms with Gasteiger partial charge in [-0.2, -0.15) is 0 Å². The number of hydrogen-bond acceptors (Lipinski definition) is 6. The fourth-order valence-electron chi connectivity index (χ4n) is 4.38. The van der Waals surface area contributed by atoms with Crippen LogP contribution in [0.25, 0.3) is 11.3 Å². The van der Waals surface area contributed by atoms with Crippen molar-refractivity contribution in [2.75, 3.05) is 10.6 Å². The van der Waals surface area contributed by atoms with Crippen LogP contribution in [-0.4, -0.2) is 27.9 Å². The fraction of sp³-hybridized carbons (Fsp3) is 0.0625. The molecule has 13 heteroatoms. The molecular weight excluding hydrogens is 696 g/mol. The highest BCUT2D eigenvalue weighted by molar-refractivity contribution is 8.00. The molecule has 0 saturated carbocycles. The first kappa shape index (κ1) is 32.8. The molecule has 0 aliphatic carbocycles. The Hall–Kier alpha value is -3.57. The molecule has 0 saturated heterocycles. The monoisotopic (exact) mass is 715 g/mol. The lowest BCUT2D eigenvalue weighted by atomic mass is 10.1. The maximum absolute atomic E-state index is 13.6. The lowest BCUT2D eigenvalue weighted by molar-refractivity contribution is -0.115. The topological polar surface area (TPSA) is 108 Å². The highest BCUT2D eigenvalue weighted by atomic mass is 35.5. The number of carboxylic acids is 1. The lowest BCUT2D eigenvalue weighted by Gasteiger charge is -2.17. The zero-order chi connectivity index (χ0) is 32.2. The van der Waals surface area contributed by atoms with Crippen molar-refractivity contribution < 1.29 is 19.5 Å². The van der Waals surface area contributed by atoms with Crippen molar-refractivity contribution in [1.29, 1.82) is 0 Å². The smallest absolute Gasteiger partial charge is 0.338 e. The molecule has 5 aromatic rings. The fourth-order valence-corrected chi connectivity index (χ4v) is 7.26. The first-order valence-corrected chi connectivity index (χ1v) is 16.3. The van der Waals surface area contributed by atoms with Crippen molar-refractivity contribution in [3.05, 3.63) is 127 Å². The van der Waals surface area contributed by atoms with Gasteiger partial charge in [0.15, 0.2) is 5.13 Å². The molecule has 1 unspecified atom stereocenters. The zero-order valence-corrected chi connectivity index (χ0v) is 27.8. The number of benzene rings is 4. The normalized spacial score (nSPS) is 11.6. The molecule has 4 aromatic carbocycles. The molecule has 5 rings (SSSR count). The summed E-state index contributed by atoms with van der Waals surface area (Å²) < 4.78 is 0. The van der Waals surface area contributed by atoms with E-state index in [0.717, 1.165) is 26.6 Å². The Morgan fingerprint density at radius 3 is 1.96 bits per heavy atom. The Bertz CT molecular complexity index is 1900. The Balaban J connectivity index is 1.35. The van der Waals surface area contributed by atoms with Crippen molar-refractivity contribution in [3.8, 4) is 11.3 Å². The molecule has 45 heavy (non-hydrogen) atoms. The predicted octanol–water partition coefficient (Wildman–Crippen LogP) is 10.2. The summed E-state index contributed by atoms with van der Waals surface area (Å²) in [6.07, 6.45) is 0. The summed E-state index contributed by atoms with van der Waals surface area (Å²) in [6.45, 7) is 1.96. The Morgan fingerprint density at radius 2 is 1.36 bits per heavy atom. The number of aryl methyl sites for hydroxylation is 1. The van der Waals surface area contributed by atoms with Crippen molar-refractivity contribution >= 4 is 98.1 Å². The third-order valence-electron chi connectivity index (χ3n) is 6.49. The maximum Gasteiger partial charge on any atom is 0.338 e. The second kappa shape index (κ2) is 14.2. The predicted molar refractivity (Wildman–Crippen MR) is 184 cm³/mol. The first-order valence-electron chi connectivity index (χ1n) is 13.1. The van der Waals surface area contributed by atoms with E-state index in [1.165, 1.54) is 23.1 Å². The van der Waals surface area contributed by atoms with Gasteiger partial charge in [0.2, 0.25) is 5.91 Å². The summed E-state index contributed by atoms with van der Waals surface area (Å²) in [6, 6.07) is 25.8. The van der Waals surface area contributed by atoms with E-state index in [4.69, 9.17) is 46.4 Å². The van der Waals surface area contributed by atoms with Crippen LogP contribution in [-0.2, 0) is 4.79 Å². The van der Waals surface area contributed by atoms with E-state index in [1.54, 1.807) is 24.3 Å². The number of rotatable bonds is 9.